The molecule has 0 amide bonds. The molecule has 0 N–H and O–H groups in total. The number of rotatable bonds is 4. The summed E-state index contributed by atoms with van der Waals surface area (Å²) >= 11 is 0. The van der Waals surface area contributed by atoms with E-state index in [9.17, 15) is 4.79 Å². The first-order valence-corrected chi connectivity index (χ1v) is 3.62. The average molecular weight is 154 g/mol. The summed E-state index contributed by atoms with van der Waals surface area (Å²) in [6.45, 7) is 7.40. The molecule has 2 heteroatoms. The lowest BCUT2D eigenvalue weighted by Crippen LogP contribution is -2.12. The Kier molecular flexibility index (Phi) is 5.17. The molecule has 0 rings (SSSR count). The number of hydrogen-bond donors (Lipinski definition) is 0. The van der Waals surface area contributed by atoms with Crippen LogP contribution in [0.5, 0.6) is 0 Å². The zero-order chi connectivity index (χ0) is 8.69. The molecule has 0 saturated carbocycles. The van der Waals surface area contributed by atoms with E-state index < -0.39 is 0 Å². The molecule has 0 bridgehead atoms. The van der Waals surface area contributed by atoms with Crippen molar-refractivity contribution in [2.45, 2.75) is 13.8 Å². The second-order valence-corrected chi connectivity index (χ2v) is 2.23. The maximum atomic E-state index is 11.0. The van der Waals surface area contributed by atoms with E-state index in [1.54, 1.807) is 19.1 Å². The summed E-state index contributed by atoms with van der Waals surface area (Å²) in [7, 11) is 0. The molecule has 2 nitrogen and oxygen atoms in total. The minimum absolute atomic E-state index is 0.153. The fraction of sp³-hybridized carbons (Fsp3) is 0.444. The van der Waals surface area contributed by atoms with Crippen LogP contribution >= 0.6 is 0 Å². The Hall–Kier alpha value is -1.05. The summed E-state index contributed by atoms with van der Waals surface area (Å²) in [5.41, 5.74) is 0. The molecule has 0 aromatic heterocycles. The quantitative estimate of drug-likeness (QED) is 0.457. The molecule has 0 aliphatic rings. The molecule has 0 saturated heterocycles. The average Bonchev–Trinajstić information content (AvgIpc) is 2.00. The van der Waals surface area contributed by atoms with E-state index in [0.29, 0.717) is 6.61 Å². The highest BCUT2D eigenvalue weighted by molar-refractivity contribution is 5.73. The standard InChI is InChI=1S/C9H14O2/c1-4-6-8(3)9(10)11-7-5-2/h4-6,8H,2,7H2,1,3H3. The molecular weight excluding hydrogens is 140 g/mol. The van der Waals surface area contributed by atoms with Crippen molar-refractivity contribution >= 4 is 5.97 Å². The maximum Gasteiger partial charge on any atom is 0.312 e. The monoisotopic (exact) mass is 154 g/mol. The summed E-state index contributed by atoms with van der Waals surface area (Å²) in [6.07, 6.45) is 5.19. The lowest BCUT2D eigenvalue weighted by Gasteiger charge is -2.04. The van der Waals surface area contributed by atoms with Crippen LogP contribution in [0.25, 0.3) is 0 Å². The van der Waals surface area contributed by atoms with Crippen LogP contribution in [0, 0.1) is 5.92 Å². The van der Waals surface area contributed by atoms with Gasteiger partial charge in [-0.1, -0.05) is 24.8 Å². The minimum atomic E-state index is -0.206. The third kappa shape index (κ3) is 4.37. The molecule has 62 valence electrons. The molecular formula is C9H14O2. The van der Waals surface area contributed by atoms with Gasteiger partial charge in [-0.05, 0) is 13.8 Å². The first-order chi connectivity index (χ1) is 5.22. The smallest absolute Gasteiger partial charge is 0.312 e. The summed E-state index contributed by atoms with van der Waals surface area (Å²) in [4.78, 5) is 11.0. The van der Waals surface area contributed by atoms with Crippen molar-refractivity contribution in [1.82, 2.24) is 0 Å². The van der Waals surface area contributed by atoms with Gasteiger partial charge in [-0.2, -0.15) is 0 Å². The van der Waals surface area contributed by atoms with Gasteiger partial charge in [0.1, 0.15) is 6.61 Å². The molecule has 1 atom stereocenters. The van der Waals surface area contributed by atoms with Crippen LogP contribution < -0.4 is 0 Å². The molecule has 0 spiro atoms. The number of esters is 1. The van der Waals surface area contributed by atoms with Crippen molar-refractivity contribution in [3.63, 3.8) is 0 Å². The predicted octanol–water partition coefficient (Wildman–Crippen LogP) is 1.93. The Bertz CT molecular complexity index is 159. The van der Waals surface area contributed by atoms with Crippen molar-refractivity contribution in [2.75, 3.05) is 6.61 Å². The molecule has 1 unspecified atom stereocenters. The zero-order valence-electron chi connectivity index (χ0n) is 7.04. The summed E-state index contributed by atoms with van der Waals surface area (Å²) in [5, 5.41) is 0. The topological polar surface area (TPSA) is 26.3 Å². The summed E-state index contributed by atoms with van der Waals surface area (Å²) < 4.78 is 4.80. The van der Waals surface area contributed by atoms with Gasteiger partial charge in [0.25, 0.3) is 0 Å². The van der Waals surface area contributed by atoms with Crippen molar-refractivity contribution in [3.8, 4) is 0 Å². The van der Waals surface area contributed by atoms with Gasteiger partial charge in [0.15, 0.2) is 0 Å². The Morgan fingerprint density at radius 3 is 2.82 bits per heavy atom. The third-order valence-corrected chi connectivity index (χ3v) is 1.20. The first kappa shape index (κ1) is 9.95. The lowest BCUT2D eigenvalue weighted by atomic mass is 10.2. The molecule has 0 aliphatic carbocycles. The maximum absolute atomic E-state index is 11.0. The molecule has 0 heterocycles. The second-order valence-electron chi connectivity index (χ2n) is 2.23. The fourth-order valence-corrected chi connectivity index (χ4v) is 0.640. The molecule has 0 aromatic carbocycles. The Balaban J connectivity index is 3.72. The summed E-state index contributed by atoms with van der Waals surface area (Å²) in [5.74, 6) is -0.358. The van der Waals surface area contributed by atoms with E-state index in [4.69, 9.17) is 4.74 Å². The molecule has 11 heavy (non-hydrogen) atoms. The Morgan fingerprint density at radius 1 is 1.73 bits per heavy atom. The number of allylic oxidation sites excluding steroid dienone is 1. The van der Waals surface area contributed by atoms with E-state index in [1.807, 2.05) is 13.0 Å². The van der Waals surface area contributed by atoms with Crippen molar-refractivity contribution in [3.05, 3.63) is 24.8 Å². The normalized spacial score (nSPS) is 12.9. The number of carbonyl (C=O) groups is 1. The van der Waals surface area contributed by atoms with Gasteiger partial charge in [-0.25, -0.2) is 0 Å². The Morgan fingerprint density at radius 2 is 2.36 bits per heavy atom. The van der Waals surface area contributed by atoms with E-state index >= 15 is 0 Å². The highest BCUT2D eigenvalue weighted by Crippen LogP contribution is 1.99. The minimum Gasteiger partial charge on any atom is -0.461 e. The van der Waals surface area contributed by atoms with Crippen LogP contribution in [0.15, 0.2) is 24.8 Å². The van der Waals surface area contributed by atoms with E-state index in [2.05, 4.69) is 6.58 Å². The van der Waals surface area contributed by atoms with Crippen molar-refractivity contribution in [2.24, 2.45) is 5.92 Å². The predicted molar refractivity (Wildman–Crippen MR) is 45.1 cm³/mol. The highest BCUT2D eigenvalue weighted by atomic mass is 16.5. The van der Waals surface area contributed by atoms with Crippen LogP contribution in [0.3, 0.4) is 0 Å². The zero-order valence-corrected chi connectivity index (χ0v) is 7.04. The largest absolute Gasteiger partial charge is 0.461 e. The van der Waals surface area contributed by atoms with Gasteiger partial charge in [-0.15, -0.1) is 0 Å². The van der Waals surface area contributed by atoms with Gasteiger partial charge in [0, 0.05) is 0 Å². The number of hydrogen-bond acceptors (Lipinski definition) is 2. The van der Waals surface area contributed by atoms with Gasteiger partial charge in [0.2, 0.25) is 0 Å². The first-order valence-electron chi connectivity index (χ1n) is 3.62. The molecule has 0 radical (unpaired) electrons. The Labute approximate surface area is 67.6 Å². The van der Waals surface area contributed by atoms with Gasteiger partial charge >= 0.3 is 5.97 Å². The number of carbonyl (C=O) groups excluding carboxylic acids is 1. The SMILES string of the molecule is C=CCOC(=O)C(C)C=CC. The van der Waals surface area contributed by atoms with Gasteiger partial charge in [0.05, 0.1) is 5.92 Å². The van der Waals surface area contributed by atoms with E-state index in [-0.39, 0.29) is 11.9 Å². The molecule has 0 aromatic rings. The van der Waals surface area contributed by atoms with Crippen LogP contribution in [0.2, 0.25) is 0 Å². The van der Waals surface area contributed by atoms with Crippen LogP contribution in [-0.4, -0.2) is 12.6 Å². The van der Waals surface area contributed by atoms with Crippen molar-refractivity contribution < 1.29 is 9.53 Å². The highest BCUT2D eigenvalue weighted by Gasteiger charge is 2.08. The third-order valence-electron chi connectivity index (χ3n) is 1.20. The van der Waals surface area contributed by atoms with Crippen LogP contribution in [-0.2, 0) is 9.53 Å². The number of ether oxygens (including phenoxy) is 1. The van der Waals surface area contributed by atoms with Crippen LogP contribution in [0.1, 0.15) is 13.8 Å². The van der Waals surface area contributed by atoms with Gasteiger partial charge < -0.3 is 4.74 Å². The molecule has 0 fully saturated rings. The van der Waals surface area contributed by atoms with E-state index in [0.717, 1.165) is 0 Å². The van der Waals surface area contributed by atoms with Crippen molar-refractivity contribution in [1.29, 1.82) is 0 Å². The second kappa shape index (κ2) is 5.71. The van der Waals surface area contributed by atoms with Gasteiger partial charge in [-0.3, -0.25) is 4.79 Å². The lowest BCUT2D eigenvalue weighted by molar-refractivity contribution is -0.144. The van der Waals surface area contributed by atoms with E-state index in [1.165, 1.54) is 0 Å². The molecule has 0 aliphatic heterocycles. The summed E-state index contributed by atoms with van der Waals surface area (Å²) in [6, 6.07) is 0. The fourth-order valence-electron chi connectivity index (χ4n) is 0.640. The van der Waals surface area contributed by atoms with Crippen LogP contribution in [0.4, 0.5) is 0 Å².